The second-order valence-corrected chi connectivity index (χ2v) is 6.30. The topological polar surface area (TPSA) is 38.3 Å². The van der Waals surface area contributed by atoms with Crippen LogP contribution in [0, 0.1) is 9.49 Å². The Balaban J connectivity index is 1.66. The molecule has 2 aliphatic rings. The molecule has 1 heterocycles. The second-order valence-electron chi connectivity index (χ2n) is 5.05. The Morgan fingerprint density at radius 2 is 2.17 bits per heavy atom. The summed E-state index contributed by atoms with van der Waals surface area (Å²) in [6.45, 7) is 0.776. The maximum absolute atomic E-state index is 12.2. The van der Waals surface area contributed by atoms with Crippen molar-refractivity contribution in [3.8, 4) is 0 Å². The molecule has 4 heteroatoms. The summed E-state index contributed by atoms with van der Waals surface area (Å²) in [6.07, 6.45) is 3.69. The highest BCUT2D eigenvalue weighted by atomic mass is 127. The lowest BCUT2D eigenvalue weighted by atomic mass is 10.1. The van der Waals surface area contributed by atoms with Crippen LogP contribution in [-0.2, 0) is 4.74 Å². The number of nitrogens with one attached hydrogen (secondary N) is 1. The molecule has 3 rings (SSSR count). The Hall–Kier alpha value is -0.620. The average molecular weight is 357 g/mol. The molecule has 1 saturated carbocycles. The first-order valence-corrected chi connectivity index (χ1v) is 7.50. The summed E-state index contributed by atoms with van der Waals surface area (Å²) in [7, 11) is 0. The zero-order valence-corrected chi connectivity index (χ0v) is 12.2. The van der Waals surface area contributed by atoms with Crippen LogP contribution in [0.2, 0.25) is 0 Å². The predicted molar refractivity (Wildman–Crippen MR) is 77.5 cm³/mol. The fourth-order valence-electron chi connectivity index (χ4n) is 2.54. The standard InChI is InChI=1S/C14H16INO2/c15-11-3-1-2-10(8-11)14(17)16-12-6-7-18-13(12)9-4-5-9/h1-3,8-9,12-13H,4-7H2,(H,16,17). The summed E-state index contributed by atoms with van der Waals surface area (Å²) in [6, 6.07) is 7.88. The molecule has 1 saturated heterocycles. The lowest BCUT2D eigenvalue weighted by Crippen LogP contribution is -2.41. The van der Waals surface area contributed by atoms with Gasteiger partial charge in [0.05, 0.1) is 12.1 Å². The van der Waals surface area contributed by atoms with Crippen molar-refractivity contribution in [2.45, 2.75) is 31.4 Å². The second kappa shape index (κ2) is 5.17. The van der Waals surface area contributed by atoms with Crippen LogP contribution in [0.5, 0.6) is 0 Å². The maximum Gasteiger partial charge on any atom is 0.251 e. The van der Waals surface area contributed by atoms with Gasteiger partial charge in [-0.1, -0.05) is 6.07 Å². The number of hydrogen-bond acceptors (Lipinski definition) is 2. The predicted octanol–water partition coefficient (Wildman–Crippen LogP) is 2.59. The molecule has 0 spiro atoms. The van der Waals surface area contributed by atoms with E-state index in [1.165, 1.54) is 12.8 Å². The van der Waals surface area contributed by atoms with E-state index < -0.39 is 0 Å². The average Bonchev–Trinajstić information content (AvgIpc) is 3.10. The van der Waals surface area contributed by atoms with Crippen LogP contribution in [0.3, 0.4) is 0 Å². The van der Waals surface area contributed by atoms with E-state index in [1.54, 1.807) is 0 Å². The molecule has 1 aromatic rings. The van der Waals surface area contributed by atoms with E-state index in [9.17, 15) is 4.79 Å². The van der Waals surface area contributed by atoms with Gasteiger partial charge < -0.3 is 10.1 Å². The number of rotatable bonds is 3. The van der Waals surface area contributed by atoms with Crippen molar-refractivity contribution in [3.63, 3.8) is 0 Å². The maximum atomic E-state index is 12.2. The minimum absolute atomic E-state index is 0.0228. The Labute approximate surface area is 120 Å². The molecule has 1 N–H and O–H groups in total. The molecule has 0 aromatic heterocycles. The summed E-state index contributed by atoms with van der Waals surface area (Å²) in [5.41, 5.74) is 0.739. The van der Waals surface area contributed by atoms with Gasteiger partial charge in [-0.05, 0) is 66.0 Å². The number of hydrogen-bond donors (Lipinski definition) is 1. The third-order valence-corrected chi connectivity index (χ3v) is 4.30. The molecular weight excluding hydrogens is 341 g/mol. The Bertz CT molecular complexity index is 459. The van der Waals surface area contributed by atoms with E-state index in [1.807, 2.05) is 24.3 Å². The molecular formula is C14H16INO2. The van der Waals surface area contributed by atoms with Gasteiger partial charge in [-0.25, -0.2) is 0 Å². The lowest BCUT2D eigenvalue weighted by molar-refractivity contribution is 0.0729. The molecule has 18 heavy (non-hydrogen) atoms. The fourth-order valence-corrected chi connectivity index (χ4v) is 3.08. The molecule has 96 valence electrons. The third kappa shape index (κ3) is 2.69. The van der Waals surface area contributed by atoms with Crippen LogP contribution in [-0.4, -0.2) is 24.7 Å². The van der Waals surface area contributed by atoms with E-state index in [-0.39, 0.29) is 18.1 Å². The van der Waals surface area contributed by atoms with Gasteiger partial charge in [0.25, 0.3) is 5.91 Å². The number of benzene rings is 1. The molecule has 3 nitrogen and oxygen atoms in total. The Morgan fingerprint density at radius 1 is 1.33 bits per heavy atom. The summed E-state index contributed by atoms with van der Waals surface area (Å²) >= 11 is 2.22. The van der Waals surface area contributed by atoms with Crippen molar-refractivity contribution < 1.29 is 9.53 Å². The van der Waals surface area contributed by atoms with Crippen molar-refractivity contribution in [1.29, 1.82) is 0 Å². The third-order valence-electron chi connectivity index (χ3n) is 3.63. The van der Waals surface area contributed by atoms with Crippen LogP contribution in [0.15, 0.2) is 24.3 Å². The first kappa shape index (κ1) is 12.4. The van der Waals surface area contributed by atoms with Gasteiger partial charge >= 0.3 is 0 Å². The Morgan fingerprint density at radius 3 is 2.89 bits per heavy atom. The normalized spacial score (nSPS) is 27.2. The minimum Gasteiger partial charge on any atom is -0.376 e. The molecule has 1 aliphatic heterocycles. The fraction of sp³-hybridized carbons (Fsp3) is 0.500. The molecule has 1 aliphatic carbocycles. The molecule has 2 unspecified atom stereocenters. The van der Waals surface area contributed by atoms with Crippen LogP contribution in [0.25, 0.3) is 0 Å². The van der Waals surface area contributed by atoms with Crippen molar-refractivity contribution in [2.24, 2.45) is 5.92 Å². The van der Waals surface area contributed by atoms with Crippen molar-refractivity contribution in [2.75, 3.05) is 6.61 Å². The largest absolute Gasteiger partial charge is 0.376 e. The quantitative estimate of drug-likeness (QED) is 0.845. The van der Waals surface area contributed by atoms with Gasteiger partial charge in [-0.15, -0.1) is 0 Å². The van der Waals surface area contributed by atoms with E-state index in [4.69, 9.17) is 4.74 Å². The van der Waals surface area contributed by atoms with Gasteiger partial charge in [0.15, 0.2) is 0 Å². The van der Waals surface area contributed by atoms with E-state index in [0.717, 1.165) is 22.2 Å². The van der Waals surface area contributed by atoms with Gasteiger partial charge in [-0.3, -0.25) is 4.79 Å². The first-order valence-electron chi connectivity index (χ1n) is 6.42. The minimum atomic E-state index is 0.0228. The van der Waals surface area contributed by atoms with Crippen molar-refractivity contribution in [1.82, 2.24) is 5.32 Å². The van der Waals surface area contributed by atoms with Crippen LogP contribution < -0.4 is 5.32 Å². The highest BCUT2D eigenvalue weighted by molar-refractivity contribution is 14.1. The van der Waals surface area contributed by atoms with Crippen molar-refractivity contribution >= 4 is 28.5 Å². The van der Waals surface area contributed by atoms with E-state index in [2.05, 4.69) is 27.9 Å². The highest BCUT2D eigenvalue weighted by Gasteiger charge is 2.41. The zero-order chi connectivity index (χ0) is 12.5. The van der Waals surface area contributed by atoms with Crippen LogP contribution in [0.1, 0.15) is 29.6 Å². The number of halogens is 1. The van der Waals surface area contributed by atoms with Crippen molar-refractivity contribution in [3.05, 3.63) is 33.4 Å². The van der Waals surface area contributed by atoms with E-state index in [0.29, 0.717) is 5.92 Å². The van der Waals surface area contributed by atoms with E-state index >= 15 is 0 Å². The molecule has 2 atom stereocenters. The monoisotopic (exact) mass is 357 g/mol. The van der Waals surface area contributed by atoms with Crippen LogP contribution in [0.4, 0.5) is 0 Å². The first-order chi connectivity index (χ1) is 8.74. The molecule has 1 aromatic carbocycles. The number of carbonyl (C=O) groups excluding carboxylic acids is 1. The molecule has 0 bridgehead atoms. The zero-order valence-electron chi connectivity index (χ0n) is 10.1. The SMILES string of the molecule is O=C(NC1CCOC1C1CC1)c1cccc(I)c1. The van der Waals surface area contributed by atoms with Crippen LogP contribution >= 0.6 is 22.6 Å². The Kier molecular flexibility index (Phi) is 3.56. The summed E-state index contributed by atoms with van der Waals surface area (Å²) in [5.74, 6) is 0.698. The molecule has 2 fully saturated rings. The van der Waals surface area contributed by atoms with Gasteiger partial charge in [0.1, 0.15) is 0 Å². The highest BCUT2D eigenvalue weighted by Crippen LogP contribution is 2.38. The molecule has 1 amide bonds. The summed E-state index contributed by atoms with van der Waals surface area (Å²) < 4.78 is 6.82. The van der Waals surface area contributed by atoms with Gasteiger partial charge in [0, 0.05) is 15.7 Å². The van der Waals surface area contributed by atoms with Gasteiger partial charge in [0.2, 0.25) is 0 Å². The smallest absolute Gasteiger partial charge is 0.251 e. The summed E-state index contributed by atoms with van der Waals surface area (Å²) in [5, 5.41) is 3.13. The molecule has 0 radical (unpaired) electrons. The number of ether oxygens (including phenoxy) is 1. The van der Waals surface area contributed by atoms with Gasteiger partial charge in [-0.2, -0.15) is 0 Å². The number of amides is 1. The lowest BCUT2D eigenvalue weighted by Gasteiger charge is -2.19. The number of carbonyl (C=O) groups is 1. The summed E-state index contributed by atoms with van der Waals surface area (Å²) in [4.78, 5) is 12.2.